The van der Waals surface area contributed by atoms with E-state index in [0.29, 0.717) is 6.04 Å². The van der Waals surface area contributed by atoms with E-state index in [1.807, 2.05) is 0 Å². The van der Waals surface area contributed by atoms with Crippen LogP contribution in [-0.2, 0) is 6.42 Å². The first-order valence-corrected chi connectivity index (χ1v) is 8.26. The molecule has 1 heteroatoms. The van der Waals surface area contributed by atoms with E-state index in [2.05, 4.69) is 65.6 Å². The molecule has 0 saturated carbocycles. The number of hydrogen-bond acceptors (Lipinski definition) is 1. The van der Waals surface area contributed by atoms with E-state index in [0.717, 1.165) is 6.42 Å². The van der Waals surface area contributed by atoms with E-state index in [1.54, 1.807) is 0 Å². The van der Waals surface area contributed by atoms with E-state index < -0.39 is 0 Å². The first kappa shape index (κ1) is 14.3. The lowest BCUT2D eigenvalue weighted by Gasteiger charge is -2.31. The lowest BCUT2D eigenvalue weighted by Crippen LogP contribution is -2.31. The van der Waals surface area contributed by atoms with Crippen molar-refractivity contribution in [1.29, 1.82) is 0 Å². The Morgan fingerprint density at radius 1 is 0.714 bits per heavy atom. The van der Waals surface area contributed by atoms with Crippen molar-refractivity contribution in [3.8, 4) is 0 Å². The van der Waals surface area contributed by atoms with Crippen LogP contribution in [0.5, 0.6) is 0 Å². The highest BCUT2D eigenvalue weighted by atomic mass is 15.2. The van der Waals surface area contributed by atoms with Crippen LogP contribution in [0.25, 0.3) is 0 Å². The molecule has 1 aliphatic heterocycles. The molecule has 0 bridgehead atoms. The van der Waals surface area contributed by atoms with Crippen LogP contribution in [0.3, 0.4) is 0 Å². The molecule has 21 heavy (non-hydrogen) atoms. The SMILES string of the molecule is c1ccc(CC(c2ccccc2)N2CCCCCC2)cc1. The van der Waals surface area contributed by atoms with Crippen molar-refractivity contribution >= 4 is 0 Å². The second-order valence-corrected chi connectivity index (χ2v) is 6.07. The predicted octanol–water partition coefficient (Wildman–Crippen LogP) is 4.85. The standard InChI is InChI=1S/C20H25N/c1-2-10-16-21(15-9-1)20(19-13-7-4-8-14-19)17-18-11-5-3-6-12-18/h3-8,11-14,20H,1-2,9-10,15-17H2. The van der Waals surface area contributed by atoms with Gasteiger partial charge in [-0.1, -0.05) is 73.5 Å². The lowest BCUT2D eigenvalue weighted by atomic mass is 9.97. The smallest absolute Gasteiger partial charge is 0.0388 e. The topological polar surface area (TPSA) is 3.24 Å². The van der Waals surface area contributed by atoms with E-state index in [1.165, 1.54) is 49.9 Å². The summed E-state index contributed by atoms with van der Waals surface area (Å²) < 4.78 is 0. The van der Waals surface area contributed by atoms with E-state index in [4.69, 9.17) is 0 Å². The first-order chi connectivity index (χ1) is 10.4. The van der Waals surface area contributed by atoms with Crippen LogP contribution >= 0.6 is 0 Å². The van der Waals surface area contributed by atoms with Gasteiger partial charge in [0.05, 0.1) is 0 Å². The number of benzene rings is 2. The molecular formula is C20H25N. The maximum Gasteiger partial charge on any atom is 0.0388 e. The summed E-state index contributed by atoms with van der Waals surface area (Å²) in [6.07, 6.45) is 6.59. The van der Waals surface area contributed by atoms with Crippen molar-refractivity contribution in [1.82, 2.24) is 4.90 Å². The molecule has 3 rings (SSSR count). The summed E-state index contributed by atoms with van der Waals surface area (Å²) >= 11 is 0. The van der Waals surface area contributed by atoms with Crippen LogP contribution in [0, 0.1) is 0 Å². The van der Waals surface area contributed by atoms with Gasteiger partial charge in [0.15, 0.2) is 0 Å². The van der Waals surface area contributed by atoms with Crippen molar-refractivity contribution in [2.75, 3.05) is 13.1 Å². The van der Waals surface area contributed by atoms with Crippen molar-refractivity contribution in [2.24, 2.45) is 0 Å². The van der Waals surface area contributed by atoms with Crippen LogP contribution in [0.4, 0.5) is 0 Å². The lowest BCUT2D eigenvalue weighted by molar-refractivity contribution is 0.203. The predicted molar refractivity (Wildman–Crippen MR) is 89.4 cm³/mol. The third-order valence-corrected chi connectivity index (χ3v) is 4.54. The highest BCUT2D eigenvalue weighted by molar-refractivity contribution is 5.24. The van der Waals surface area contributed by atoms with Gasteiger partial charge in [0.25, 0.3) is 0 Å². The maximum absolute atomic E-state index is 2.70. The molecule has 0 aromatic heterocycles. The molecule has 1 atom stereocenters. The van der Waals surface area contributed by atoms with E-state index >= 15 is 0 Å². The van der Waals surface area contributed by atoms with Crippen LogP contribution in [0.1, 0.15) is 42.9 Å². The third kappa shape index (κ3) is 3.95. The zero-order valence-corrected chi connectivity index (χ0v) is 12.7. The molecule has 2 aromatic carbocycles. The van der Waals surface area contributed by atoms with Gasteiger partial charge in [-0.05, 0) is 43.5 Å². The van der Waals surface area contributed by atoms with Gasteiger partial charge >= 0.3 is 0 Å². The quantitative estimate of drug-likeness (QED) is 0.773. The molecule has 1 unspecified atom stereocenters. The summed E-state index contributed by atoms with van der Waals surface area (Å²) in [5, 5.41) is 0. The molecule has 0 aliphatic carbocycles. The average molecular weight is 279 g/mol. The van der Waals surface area contributed by atoms with Gasteiger partial charge in [0.2, 0.25) is 0 Å². The van der Waals surface area contributed by atoms with Gasteiger partial charge in [-0.25, -0.2) is 0 Å². The number of nitrogens with zero attached hydrogens (tertiary/aromatic N) is 1. The minimum atomic E-state index is 0.520. The van der Waals surface area contributed by atoms with Gasteiger partial charge in [0, 0.05) is 6.04 Å². The monoisotopic (exact) mass is 279 g/mol. The summed E-state index contributed by atoms with van der Waals surface area (Å²) in [7, 11) is 0. The summed E-state index contributed by atoms with van der Waals surface area (Å²) in [5.41, 5.74) is 2.90. The fraction of sp³-hybridized carbons (Fsp3) is 0.400. The van der Waals surface area contributed by atoms with Crippen molar-refractivity contribution in [3.05, 3.63) is 71.8 Å². The molecule has 1 fully saturated rings. The van der Waals surface area contributed by atoms with Gasteiger partial charge in [-0.3, -0.25) is 4.90 Å². The van der Waals surface area contributed by atoms with Crippen LogP contribution < -0.4 is 0 Å². The highest BCUT2D eigenvalue weighted by Gasteiger charge is 2.21. The van der Waals surface area contributed by atoms with E-state index in [-0.39, 0.29) is 0 Å². The number of likely N-dealkylation sites (tertiary alicyclic amines) is 1. The average Bonchev–Trinajstić information content (AvgIpc) is 2.84. The van der Waals surface area contributed by atoms with Crippen molar-refractivity contribution in [3.63, 3.8) is 0 Å². The Morgan fingerprint density at radius 3 is 1.90 bits per heavy atom. The van der Waals surface area contributed by atoms with E-state index in [9.17, 15) is 0 Å². The highest BCUT2D eigenvalue weighted by Crippen LogP contribution is 2.27. The zero-order chi connectivity index (χ0) is 14.3. The minimum absolute atomic E-state index is 0.520. The molecular weight excluding hydrogens is 254 g/mol. The first-order valence-electron chi connectivity index (χ1n) is 8.26. The fourth-order valence-corrected chi connectivity index (χ4v) is 3.38. The maximum atomic E-state index is 2.70. The molecule has 1 saturated heterocycles. The molecule has 1 nitrogen and oxygen atoms in total. The molecule has 110 valence electrons. The summed E-state index contributed by atoms with van der Waals surface area (Å²) in [5.74, 6) is 0. The Balaban J connectivity index is 1.83. The van der Waals surface area contributed by atoms with Gasteiger partial charge in [-0.15, -0.1) is 0 Å². The molecule has 0 radical (unpaired) electrons. The van der Waals surface area contributed by atoms with Gasteiger partial charge in [-0.2, -0.15) is 0 Å². The molecule has 2 aromatic rings. The summed E-state index contributed by atoms with van der Waals surface area (Å²) in [6, 6.07) is 22.5. The van der Waals surface area contributed by atoms with Gasteiger partial charge < -0.3 is 0 Å². The Morgan fingerprint density at radius 2 is 1.29 bits per heavy atom. The summed E-state index contributed by atoms with van der Waals surface area (Å²) in [6.45, 7) is 2.48. The normalized spacial score (nSPS) is 18.1. The Hall–Kier alpha value is -1.60. The zero-order valence-electron chi connectivity index (χ0n) is 12.7. The number of rotatable bonds is 4. The van der Waals surface area contributed by atoms with Crippen LogP contribution in [0.15, 0.2) is 60.7 Å². The Kier molecular flexibility index (Phi) is 5.07. The molecule has 1 aliphatic rings. The van der Waals surface area contributed by atoms with Crippen molar-refractivity contribution < 1.29 is 0 Å². The third-order valence-electron chi connectivity index (χ3n) is 4.54. The Bertz CT molecular complexity index is 512. The van der Waals surface area contributed by atoms with Crippen LogP contribution in [0.2, 0.25) is 0 Å². The second-order valence-electron chi connectivity index (χ2n) is 6.07. The molecule has 1 heterocycles. The molecule has 0 N–H and O–H groups in total. The number of hydrogen-bond donors (Lipinski definition) is 0. The second kappa shape index (κ2) is 7.42. The van der Waals surface area contributed by atoms with Crippen LogP contribution in [-0.4, -0.2) is 18.0 Å². The molecule has 0 amide bonds. The summed E-state index contributed by atoms with van der Waals surface area (Å²) in [4.78, 5) is 2.70. The van der Waals surface area contributed by atoms with Crippen molar-refractivity contribution in [2.45, 2.75) is 38.1 Å². The molecule has 0 spiro atoms. The minimum Gasteiger partial charge on any atom is -0.296 e. The fourth-order valence-electron chi connectivity index (χ4n) is 3.38. The Labute approximate surface area is 128 Å². The largest absolute Gasteiger partial charge is 0.296 e. The van der Waals surface area contributed by atoms with Gasteiger partial charge in [0.1, 0.15) is 0 Å².